The van der Waals surface area contributed by atoms with Gasteiger partial charge in [0.15, 0.2) is 0 Å². The van der Waals surface area contributed by atoms with E-state index in [1.807, 2.05) is 0 Å². The van der Waals surface area contributed by atoms with Crippen molar-refractivity contribution in [3.63, 3.8) is 0 Å². The molecule has 0 aliphatic heterocycles. The van der Waals surface area contributed by atoms with Crippen molar-refractivity contribution >= 4 is 15.9 Å². The Kier molecular flexibility index (Phi) is 5.01. The molecule has 1 N–H and O–H groups in total. The van der Waals surface area contributed by atoms with E-state index in [0.29, 0.717) is 21.5 Å². The lowest BCUT2D eigenvalue weighted by Crippen LogP contribution is -2.36. The van der Waals surface area contributed by atoms with Gasteiger partial charge in [-0.3, -0.25) is 0 Å². The Morgan fingerprint density at radius 2 is 1.83 bits per heavy atom. The first-order chi connectivity index (χ1) is 8.39. The summed E-state index contributed by atoms with van der Waals surface area (Å²) < 4.78 is 16.4. The predicted octanol–water partition coefficient (Wildman–Crippen LogP) is 2.71. The van der Waals surface area contributed by atoms with Crippen LogP contribution in [0.4, 0.5) is 0 Å². The molecule has 2 unspecified atom stereocenters. The smallest absolute Gasteiger partial charge is 0.142 e. The van der Waals surface area contributed by atoms with Crippen molar-refractivity contribution in [3.05, 3.63) is 22.2 Å². The van der Waals surface area contributed by atoms with Crippen LogP contribution in [-0.4, -0.2) is 32.5 Å². The topological polar surface area (TPSA) is 47.9 Å². The molecule has 0 aliphatic rings. The second-order valence-corrected chi connectivity index (χ2v) is 4.98. The van der Waals surface area contributed by atoms with E-state index in [1.54, 1.807) is 47.3 Å². The lowest BCUT2D eigenvalue weighted by atomic mass is 9.90. The number of aliphatic hydroxyl groups is 1. The Bertz CT molecular complexity index is 418. The monoisotopic (exact) mass is 318 g/mol. The Balaban J connectivity index is 3.37. The molecule has 0 saturated heterocycles. The summed E-state index contributed by atoms with van der Waals surface area (Å²) in [6.45, 7) is 3.50. The highest BCUT2D eigenvalue weighted by molar-refractivity contribution is 9.10. The molecule has 1 aromatic rings. The maximum Gasteiger partial charge on any atom is 0.142 e. The first-order valence-electron chi connectivity index (χ1n) is 5.56. The molecule has 0 amide bonds. The van der Waals surface area contributed by atoms with Gasteiger partial charge >= 0.3 is 0 Å². The first-order valence-corrected chi connectivity index (χ1v) is 6.35. The molecule has 0 spiro atoms. The van der Waals surface area contributed by atoms with E-state index in [-0.39, 0.29) is 6.10 Å². The SMILES string of the molecule is COc1ccc(C(C)(O)C(C)OC)c(OC)c1Br. The third-order valence-electron chi connectivity index (χ3n) is 3.18. The quantitative estimate of drug-likeness (QED) is 0.906. The Morgan fingerprint density at radius 1 is 1.22 bits per heavy atom. The number of rotatable bonds is 5. The number of ether oxygens (including phenoxy) is 3. The molecule has 0 radical (unpaired) electrons. The van der Waals surface area contributed by atoms with Crippen LogP contribution in [0, 0.1) is 0 Å². The second kappa shape index (κ2) is 5.91. The molecule has 0 heterocycles. The zero-order valence-corrected chi connectivity index (χ0v) is 12.9. The fraction of sp³-hybridized carbons (Fsp3) is 0.538. The Hall–Kier alpha value is -0.780. The average molecular weight is 319 g/mol. The van der Waals surface area contributed by atoms with Gasteiger partial charge < -0.3 is 19.3 Å². The lowest BCUT2D eigenvalue weighted by molar-refractivity contribution is -0.0783. The highest BCUT2D eigenvalue weighted by Gasteiger charge is 2.34. The van der Waals surface area contributed by atoms with E-state index >= 15 is 0 Å². The van der Waals surface area contributed by atoms with E-state index in [2.05, 4.69) is 15.9 Å². The van der Waals surface area contributed by atoms with Crippen LogP contribution in [0.3, 0.4) is 0 Å². The molecular formula is C13H19BrO4. The van der Waals surface area contributed by atoms with Gasteiger partial charge in [0.2, 0.25) is 0 Å². The van der Waals surface area contributed by atoms with Crippen molar-refractivity contribution in [1.82, 2.24) is 0 Å². The van der Waals surface area contributed by atoms with Gasteiger partial charge in [-0.15, -0.1) is 0 Å². The van der Waals surface area contributed by atoms with E-state index in [9.17, 15) is 5.11 Å². The third kappa shape index (κ3) is 2.63. The largest absolute Gasteiger partial charge is 0.495 e. The second-order valence-electron chi connectivity index (χ2n) is 4.19. The summed E-state index contributed by atoms with van der Waals surface area (Å²) in [6, 6.07) is 3.55. The van der Waals surface area contributed by atoms with Crippen molar-refractivity contribution in [1.29, 1.82) is 0 Å². The number of hydrogen-bond acceptors (Lipinski definition) is 4. The van der Waals surface area contributed by atoms with Crippen LogP contribution in [0.2, 0.25) is 0 Å². The minimum atomic E-state index is -1.16. The molecule has 0 fully saturated rings. The summed E-state index contributed by atoms with van der Waals surface area (Å²) >= 11 is 3.41. The van der Waals surface area contributed by atoms with Crippen molar-refractivity contribution in [2.75, 3.05) is 21.3 Å². The third-order valence-corrected chi connectivity index (χ3v) is 3.93. The Labute approximate surface area is 116 Å². The highest BCUT2D eigenvalue weighted by atomic mass is 79.9. The van der Waals surface area contributed by atoms with E-state index < -0.39 is 5.60 Å². The van der Waals surface area contributed by atoms with Gasteiger partial charge in [-0.25, -0.2) is 0 Å². The standard InChI is InChI=1S/C13H19BrO4/c1-8(16-3)13(2,15)9-6-7-10(17-4)11(14)12(9)18-5/h6-8,15H,1-5H3. The zero-order valence-electron chi connectivity index (χ0n) is 11.3. The van der Waals surface area contributed by atoms with Crippen molar-refractivity contribution in [2.24, 2.45) is 0 Å². The van der Waals surface area contributed by atoms with E-state index in [4.69, 9.17) is 14.2 Å². The van der Waals surface area contributed by atoms with Gasteiger partial charge in [0.05, 0.1) is 20.3 Å². The molecule has 4 nitrogen and oxygen atoms in total. The summed E-state index contributed by atoms with van der Waals surface area (Å²) in [5, 5.41) is 10.6. The highest BCUT2D eigenvalue weighted by Crippen LogP contribution is 2.42. The molecule has 0 bridgehead atoms. The molecule has 0 aromatic heterocycles. The number of benzene rings is 1. The fourth-order valence-electron chi connectivity index (χ4n) is 1.74. The minimum absolute atomic E-state index is 0.369. The fourth-order valence-corrected chi connectivity index (χ4v) is 2.41. The summed E-state index contributed by atoms with van der Waals surface area (Å²) in [5.74, 6) is 1.19. The lowest BCUT2D eigenvalue weighted by Gasteiger charge is -2.31. The van der Waals surface area contributed by atoms with Crippen LogP contribution in [0.15, 0.2) is 16.6 Å². The van der Waals surface area contributed by atoms with E-state index in [0.717, 1.165) is 0 Å². The van der Waals surface area contributed by atoms with Gasteiger partial charge in [-0.2, -0.15) is 0 Å². The van der Waals surface area contributed by atoms with Crippen LogP contribution >= 0.6 is 15.9 Å². The number of hydrogen-bond donors (Lipinski definition) is 1. The number of halogens is 1. The van der Waals surface area contributed by atoms with Gasteiger partial charge in [0, 0.05) is 12.7 Å². The summed E-state index contributed by atoms with van der Waals surface area (Å²) in [4.78, 5) is 0. The summed E-state index contributed by atoms with van der Waals surface area (Å²) in [6.07, 6.45) is -0.369. The van der Waals surface area contributed by atoms with Crippen molar-refractivity contribution in [2.45, 2.75) is 25.6 Å². The molecular weight excluding hydrogens is 300 g/mol. The van der Waals surface area contributed by atoms with Crippen LogP contribution in [0.5, 0.6) is 11.5 Å². The minimum Gasteiger partial charge on any atom is -0.495 e. The van der Waals surface area contributed by atoms with Gasteiger partial charge in [0.1, 0.15) is 21.6 Å². The van der Waals surface area contributed by atoms with E-state index in [1.165, 1.54) is 0 Å². The van der Waals surface area contributed by atoms with Crippen LogP contribution in [0.1, 0.15) is 19.4 Å². The van der Waals surface area contributed by atoms with Crippen molar-refractivity contribution < 1.29 is 19.3 Å². The molecule has 18 heavy (non-hydrogen) atoms. The molecule has 0 aliphatic carbocycles. The normalized spacial score (nSPS) is 15.9. The summed E-state index contributed by atoms with van der Waals surface area (Å²) in [5.41, 5.74) is -0.512. The summed E-state index contributed by atoms with van der Waals surface area (Å²) in [7, 11) is 4.69. The van der Waals surface area contributed by atoms with Gasteiger partial charge in [-0.05, 0) is 41.9 Å². The molecule has 1 aromatic carbocycles. The molecule has 5 heteroatoms. The first kappa shape index (κ1) is 15.3. The van der Waals surface area contributed by atoms with Gasteiger partial charge in [-0.1, -0.05) is 0 Å². The Morgan fingerprint density at radius 3 is 2.28 bits per heavy atom. The number of methoxy groups -OCH3 is 3. The van der Waals surface area contributed by atoms with Crippen LogP contribution in [-0.2, 0) is 10.3 Å². The maximum absolute atomic E-state index is 10.6. The zero-order chi connectivity index (χ0) is 13.9. The molecule has 1 rings (SSSR count). The molecule has 102 valence electrons. The van der Waals surface area contributed by atoms with Crippen molar-refractivity contribution in [3.8, 4) is 11.5 Å². The van der Waals surface area contributed by atoms with Crippen LogP contribution in [0.25, 0.3) is 0 Å². The van der Waals surface area contributed by atoms with Crippen LogP contribution < -0.4 is 9.47 Å². The molecule has 0 saturated carbocycles. The molecule has 2 atom stereocenters. The average Bonchev–Trinajstić information content (AvgIpc) is 2.37. The predicted molar refractivity (Wildman–Crippen MR) is 73.3 cm³/mol. The maximum atomic E-state index is 10.6. The van der Waals surface area contributed by atoms with Gasteiger partial charge in [0.25, 0.3) is 0 Å².